The molecule has 1 aromatic carbocycles. The highest BCUT2D eigenvalue weighted by atomic mass is 32.2. The van der Waals surface area contributed by atoms with E-state index in [1.54, 1.807) is 18.2 Å². The summed E-state index contributed by atoms with van der Waals surface area (Å²) in [4.78, 5) is 7.29. The molecule has 30 heavy (non-hydrogen) atoms. The van der Waals surface area contributed by atoms with Gasteiger partial charge in [-0.15, -0.1) is 0 Å². The Balaban J connectivity index is 1.40. The standard InChI is InChI=1S/C18H15F3N4O4S/c19-18(20,21)17-23-16(24-29-17)12-3-5-13(6-4-12)28-14-7-9-25(11-14)30(26,27)15-2-1-8-22-10-15/h1-6,8,10,14H,7,9,11H2/t14-/m1/s1. The van der Waals surface area contributed by atoms with Gasteiger partial charge in [0.05, 0.1) is 6.54 Å². The van der Waals surface area contributed by atoms with E-state index in [9.17, 15) is 21.6 Å². The molecule has 0 unspecified atom stereocenters. The lowest BCUT2D eigenvalue weighted by Gasteiger charge is -2.17. The number of pyridine rings is 1. The van der Waals surface area contributed by atoms with Gasteiger partial charge >= 0.3 is 12.1 Å². The van der Waals surface area contributed by atoms with E-state index in [2.05, 4.69) is 19.6 Å². The fourth-order valence-electron chi connectivity index (χ4n) is 2.99. The molecule has 0 amide bonds. The van der Waals surface area contributed by atoms with Crippen LogP contribution in [0.5, 0.6) is 5.75 Å². The molecule has 3 aromatic rings. The van der Waals surface area contributed by atoms with Gasteiger partial charge in [0.25, 0.3) is 0 Å². The molecular weight excluding hydrogens is 425 g/mol. The molecule has 0 spiro atoms. The lowest BCUT2D eigenvalue weighted by molar-refractivity contribution is -0.159. The third-order valence-electron chi connectivity index (χ3n) is 4.46. The molecule has 8 nitrogen and oxygen atoms in total. The number of aromatic nitrogens is 3. The minimum Gasteiger partial charge on any atom is -0.489 e. The van der Waals surface area contributed by atoms with Crippen LogP contribution in [0.25, 0.3) is 11.4 Å². The van der Waals surface area contributed by atoms with Crippen molar-refractivity contribution in [2.24, 2.45) is 0 Å². The number of benzene rings is 1. The van der Waals surface area contributed by atoms with E-state index in [1.165, 1.54) is 34.9 Å². The zero-order valence-electron chi connectivity index (χ0n) is 15.3. The molecule has 1 aliphatic heterocycles. The highest BCUT2D eigenvalue weighted by molar-refractivity contribution is 7.89. The molecule has 1 atom stereocenters. The number of ether oxygens (including phenoxy) is 1. The molecule has 0 saturated carbocycles. The van der Waals surface area contributed by atoms with Crippen molar-refractivity contribution in [2.75, 3.05) is 13.1 Å². The molecule has 4 rings (SSSR count). The SMILES string of the molecule is O=S(=O)(c1cccnc1)N1CC[C@@H](Oc2ccc(-c3noc(C(F)(F)F)n3)cc2)C1. The number of nitrogens with zero attached hydrogens (tertiary/aromatic N) is 4. The molecule has 3 heterocycles. The molecule has 0 radical (unpaired) electrons. The molecule has 158 valence electrons. The highest BCUT2D eigenvalue weighted by Gasteiger charge is 2.38. The number of rotatable bonds is 5. The Kier molecular flexibility index (Phi) is 5.20. The minimum absolute atomic E-state index is 0.119. The van der Waals surface area contributed by atoms with Crippen LogP contribution in [0.1, 0.15) is 12.3 Å². The smallest absolute Gasteiger partial charge is 0.471 e. The van der Waals surface area contributed by atoms with Crippen molar-refractivity contribution in [3.8, 4) is 17.1 Å². The maximum absolute atomic E-state index is 12.6. The van der Waals surface area contributed by atoms with E-state index in [-0.39, 0.29) is 23.4 Å². The van der Waals surface area contributed by atoms with Crippen molar-refractivity contribution in [2.45, 2.75) is 23.6 Å². The quantitative estimate of drug-likeness (QED) is 0.602. The zero-order chi connectivity index (χ0) is 21.4. The Bertz CT molecular complexity index is 1120. The Morgan fingerprint density at radius 2 is 1.93 bits per heavy atom. The first kappa shape index (κ1) is 20.3. The van der Waals surface area contributed by atoms with Crippen LogP contribution in [-0.2, 0) is 16.2 Å². The van der Waals surface area contributed by atoms with Crippen molar-refractivity contribution < 1.29 is 30.8 Å². The fraction of sp³-hybridized carbons (Fsp3) is 0.278. The predicted octanol–water partition coefficient (Wildman–Crippen LogP) is 2.99. The molecule has 2 aromatic heterocycles. The van der Waals surface area contributed by atoms with Gasteiger partial charge in [-0.3, -0.25) is 4.98 Å². The van der Waals surface area contributed by atoms with Crippen molar-refractivity contribution in [3.63, 3.8) is 0 Å². The lowest BCUT2D eigenvalue weighted by atomic mass is 10.2. The molecule has 0 aliphatic carbocycles. The molecule has 1 fully saturated rings. The topological polar surface area (TPSA) is 98.4 Å². The summed E-state index contributed by atoms with van der Waals surface area (Å²) >= 11 is 0. The molecule has 1 saturated heterocycles. The van der Waals surface area contributed by atoms with Crippen molar-refractivity contribution in [1.82, 2.24) is 19.4 Å². The number of alkyl halides is 3. The Hall–Kier alpha value is -2.99. The number of sulfonamides is 1. The lowest BCUT2D eigenvalue weighted by Crippen LogP contribution is -2.31. The number of hydrogen-bond donors (Lipinski definition) is 0. The number of hydrogen-bond acceptors (Lipinski definition) is 7. The van der Waals surface area contributed by atoms with Crippen LogP contribution in [-0.4, -0.2) is 47.0 Å². The zero-order valence-corrected chi connectivity index (χ0v) is 16.1. The van der Waals surface area contributed by atoms with Gasteiger partial charge < -0.3 is 9.26 Å². The van der Waals surface area contributed by atoms with E-state index in [1.807, 2.05) is 0 Å². The average Bonchev–Trinajstić information content (AvgIpc) is 3.39. The summed E-state index contributed by atoms with van der Waals surface area (Å²) in [5.41, 5.74) is 0.328. The Morgan fingerprint density at radius 3 is 2.57 bits per heavy atom. The molecule has 12 heteroatoms. The fourth-order valence-corrected chi connectivity index (χ4v) is 4.44. The van der Waals surface area contributed by atoms with Gasteiger partial charge in [0, 0.05) is 24.5 Å². The van der Waals surface area contributed by atoms with Crippen LogP contribution >= 0.6 is 0 Å². The van der Waals surface area contributed by atoms with Crippen LogP contribution < -0.4 is 4.74 Å². The summed E-state index contributed by atoms with van der Waals surface area (Å²) in [6.07, 6.45) is -1.77. The summed E-state index contributed by atoms with van der Waals surface area (Å²) < 4.78 is 74.3. The van der Waals surface area contributed by atoms with E-state index in [0.29, 0.717) is 24.3 Å². The van der Waals surface area contributed by atoms with Gasteiger partial charge in [0.2, 0.25) is 15.8 Å². The summed E-state index contributed by atoms with van der Waals surface area (Å²) in [6, 6.07) is 9.14. The first-order valence-corrected chi connectivity index (χ1v) is 10.3. The van der Waals surface area contributed by atoms with Crippen LogP contribution in [0.15, 0.2) is 58.2 Å². The summed E-state index contributed by atoms with van der Waals surface area (Å²) in [5.74, 6) is -1.16. The Labute approximate surface area is 169 Å². The van der Waals surface area contributed by atoms with Gasteiger partial charge in [0.15, 0.2) is 0 Å². The van der Waals surface area contributed by atoms with Crippen molar-refractivity contribution in [1.29, 1.82) is 0 Å². The van der Waals surface area contributed by atoms with E-state index in [4.69, 9.17) is 4.74 Å². The Morgan fingerprint density at radius 1 is 1.17 bits per heavy atom. The third-order valence-corrected chi connectivity index (χ3v) is 6.31. The first-order chi connectivity index (χ1) is 14.2. The maximum Gasteiger partial charge on any atom is 0.471 e. The van der Waals surface area contributed by atoms with Crippen LogP contribution in [0.2, 0.25) is 0 Å². The summed E-state index contributed by atoms with van der Waals surface area (Å²) in [6.45, 7) is 0.488. The summed E-state index contributed by atoms with van der Waals surface area (Å²) in [7, 11) is -3.64. The molecule has 0 N–H and O–H groups in total. The average molecular weight is 440 g/mol. The number of halogens is 3. The summed E-state index contributed by atoms with van der Waals surface area (Å²) in [5, 5.41) is 3.33. The van der Waals surface area contributed by atoms with Crippen molar-refractivity contribution in [3.05, 3.63) is 54.7 Å². The monoisotopic (exact) mass is 440 g/mol. The second-order valence-corrected chi connectivity index (χ2v) is 8.46. The highest BCUT2D eigenvalue weighted by Crippen LogP contribution is 2.30. The predicted molar refractivity (Wildman–Crippen MR) is 96.8 cm³/mol. The van der Waals surface area contributed by atoms with Crippen LogP contribution in [0.3, 0.4) is 0 Å². The maximum atomic E-state index is 12.6. The van der Waals surface area contributed by atoms with Gasteiger partial charge in [-0.2, -0.15) is 22.5 Å². The molecule has 0 bridgehead atoms. The van der Waals surface area contributed by atoms with Gasteiger partial charge in [-0.25, -0.2) is 8.42 Å². The van der Waals surface area contributed by atoms with E-state index < -0.39 is 22.1 Å². The van der Waals surface area contributed by atoms with Gasteiger partial charge in [-0.05, 0) is 42.8 Å². The van der Waals surface area contributed by atoms with Crippen molar-refractivity contribution >= 4 is 10.0 Å². The van der Waals surface area contributed by atoms with E-state index >= 15 is 0 Å². The normalized spacial score (nSPS) is 17.9. The minimum atomic E-state index is -4.71. The largest absolute Gasteiger partial charge is 0.489 e. The van der Waals surface area contributed by atoms with Crippen LogP contribution in [0.4, 0.5) is 13.2 Å². The van der Waals surface area contributed by atoms with Crippen LogP contribution in [0, 0.1) is 0 Å². The van der Waals surface area contributed by atoms with E-state index in [0.717, 1.165) is 0 Å². The van der Waals surface area contributed by atoms with Gasteiger partial charge in [0.1, 0.15) is 16.7 Å². The first-order valence-electron chi connectivity index (χ1n) is 8.82. The second kappa shape index (κ2) is 7.69. The third kappa shape index (κ3) is 4.14. The molecule has 1 aliphatic rings. The molecular formula is C18H15F3N4O4S. The second-order valence-electron chi connectivity index (χ2n) is 6.53. The van der Waals surface area contributed by atoms with Gasteiger partial charge in [-0.1, -0.05) is 5.16 Å².